The monoisotopic (exact) mass is 430 g/mol. The molecule has 1 aromatic rings. The molecule has 0 aromatic heterocycles. The van der Waals surface area contributed by atoms with Crippen molar-refractivity contribution in [1.29, 1.82) is 0 Å². The summed E-state index contributed by atoms with van der Waals surface area (Å²) in [6.45, 7) is 6.16. The molecule has 0 fully saturated rings. The number of methoxy groups -OCH3 is 2. The maximum atomic E-state index is 12.1. The highest BCUT2D eigenvalue weighted by molar-refractivity contribution is 5.81. The molecule has 0 aliphatic carbocycles. The molecule has 0 amide bonds. The minimum atomic E-state index is -0.412. The van der Waals surface area contributed by atoms with Crippen LogP contribution in [0.4, 0.5) is 0 Å². The number of ether oxygens (including phenoxy) is 4. The van der Waals surface area contributed by atoms with Crippen molar-refractivity contribution in [3.8, 4) is 11.5 Å². The molecule has 31 heavy (non-hydrogen) atoms. The van der Waals surface area contributed by atoms with Crippen molar-refractivity contribution in [3.05, 3.63) is 60.2 Å². The van der Waals surface area contributed by atoms with Crippen LogP contribution in [-0.2, 0) is 20.9 Å². The quantitative estimate of drug-likeness (QED) is 0.302. The Balaban J connectivity index is 1.76. The lowest BCUT2D eigenvalue weighted by Gasteiger charge is -2.27. The zero-order chi connectivity index (χ0) is 22.6. The van der Waals surface area contributed by atoms with Gasteiger partial charge in [-0.2, -0.15) is 0 Å². The van der Waals surface area contributed by atoms with E-state index in [0.717, 1.165) is 30.4 Å². The van der Waals surface area contributed by atoms with Gasteiger partial charge in [-0.05, 0) is 43.7 Å². The van der Waals surface area contributed by atoms with Gasteiger partial charge in [0.05, 0.1) is 33.0 Å². The van der Waals surface area contributed by atoms with Crippen molar-refractivity contribution in [2.24, 2.45) is 5.92 Å². The summed E-state index contributed by atoms with van der Waals surface area (Å²) >= 11 is 0. The van der Waals surface area contributed by atoms with Gasteiger partial charge in [0.25, 0.3) is 0 Å². The highest BCUT2D eigenvalue weighted by Gasteiger charge is 2.20. The summed E-state index contributed by atoms with van der Waals surface area (Å²) in [5, 5.41) is 9.13. The zero-order valence-electron chi connectivity index (χ0n) is 18.7. The number of aliphatic hydroxyl groups is 1. The van der Waals surface area contributed by atoms with Crippen LogP contribution < -0.4 is 9.47 Å². The molecule has 1 aromatic carbocycles. The molecule has 0 spiro atoms. The fraction of sp³-hybridized carbons (Fsp3) is 0.480. The molecule has 1 aliphatic rings. The van der Waals surface area contributed by atoms with E-state index in [1.54, 1.807) is 32.4 Å². The maximum Gasteiger partial charge on any atom is 0.330 e. The predicted octanol–water partition coefficient (Wildman–Crippen LogP) is 4.37. The summed E-state index contributed by atoms with van der Waals surface area (Å²) in [7, 11) is 3.15. The van der Waals surface area contributed by atoms with Gasteiger partial charge in [-0.1, -0.05) is 37.3 Å². The molecule has 1 heterocycles. The van der Waals surface area contributed by atoms with Gasteiger partial charge >= 0.3 is 5.97 Å². The van der Waals surface area contributed by atoms with Crippen LogP contribution in [0.25, 0.3) is 0 Å². The number of esters is 1. The van der Waals surface area contributed by atoms with Crippen LogP contribution >= 0.6 is 0 Å². The largest absolute Gasteiger partial charge is 0.497 e. The Kier molecular flexibility index (Phi) is 10.3. The SMILES string of the molecule is C=C(CO)C[C@H](C)C[C@@H]1CC=C[C@@H](C/C=C\C(=O)OCc2ccc(OC)cc2OC)O1. The summed E-state index contributed by atoms with van der Waals surface area (Å²) in [6, 6.07) is 5.36. The molecule has 2 rings (SSSR count). The zero-order valence-corrected chi connectivity index (χ0v) is 18.7. The molecule has 0 bridgehead atoms. The first-order chi connectivity index (χ1) is 14.9. The number of carbonyl (C=O) groups excluding carboxylic acids is 1. The Morgan fingerprint density at radius 3 is 2.87 bits per heavy atom. The Labute approximate surface area is 185 Å². The number of carbonyl (C=O) groups is 1. The van der Waals surface area contributed by atoms with E-state index in [0.29, 0.717) is 23.8 Å². The Bertz CT molecular complexity index is 782. The topological polar surface area (TPSA) is 74.2 Å². The predicted molar refractivity (Wildman–Crippen MR) is 120 cm³/mol. The molecule has 3 atom stereocenters. The summed E-state index contributed by atoms with van der Waals surface area (Å²) in [5.74, 6) is 1.28. The van der Waals surface area contributed by atoms with Crippen LogP contribution in [0.2, 0.25) is 0 Å². The molecule has 170 valence electrons. The van der Waals surface area contributed by atoms with Crippen LogP contribution in [0, 0.1) is 5.92 Å². The summed E-state index contributed by atoms with van der Waals surface area (Å²) < 4.78 is 21.9. The maximum absolute atomic E-state index is 12.1. The molecule has 0 saturated heterocycles. The van der Waals surface area contributed by atoms with Crippen molar-refractivity contribution in [1.82, 2.24) is 0 Å². The second kappa shape index (κ2) is 13.0. The minimum Gasteiger partial charge on any atom is -0.497 e. The second-order valence-electron chi connectivity index (χ2n) is 7.84. The van der Waals surface area contributed by atoms with E-state index in [1.165, 1.54) is 6.08 Å². The van der Waals surface area contributed by atoms with Crippen molar-refractivity contribution >= 4 is 5.97 Å². The van der Waals surface area contributed by atoms with Gasteiger partial charge in [-0.15, -0.1) is 0 Å². The molecule has 0 radical (unpaired) electrons. The van der Waals surface area contributed by atoms with Crippen LogP contribution in [0.3, 0.4) is 0 Å². The van der Waals surface area contributed by atoms with Crippen molar-refractivity contribution in [3.63, 3.8) is 0 Å². The number of hydrogen-bond donors (Lipinski definition) is 1. The van der Waals surface area contributed by atoms with E-state index in [4.69, 9.17) is 24.1 Å². The van der Waals surface area contributed by atoms with Gasteiger partial charge in [0.2, 0.25) is 0 Å². The standard InChI is InChI=1S/C25H34O6/c1-18(13-19(2)16-26)14-23-9-5-7-21(31-23)8-6-10-25(27)30-17-20-11-12-22(28-3)15-24(20)29-4/h5-7,10-12,15,18,21,23,26H,2,8-9,13-14,16-17H2,1,3-4H3/b10-6-/t18-,21-,23-/m0/s1. The van der Waals surface area contributed by atoms with Gasteiger partial charge in [-0.25, -0.2) is 4.79 Å². The molecular weight excluding hydrogens is 396 g/mol. The van der Waals surface area contributed by atoms with Crippen LogP contribution in [0.1, 0.15) is 38.2 Å². The Hall–Kier alpha value is -2.57. The van der Waals surface area contributed by atoms with Crippen LogP contribution in [-0.4, -0.2) is 44.1 Å². The second-order valence-corrected chi connectivity index (χ2v) is 7.84. The normalized spacial score (nSPS) is 19.2. The third-order valence-electron chi connectivity index (χ3n) is 5.13. The van der Waals surface area contributed by atoms with E-state index in [9.17, 15) is 4.79 Å². The van der Waals surface area contributed by atoms with Crippen molar-refractivity contribution in [2.45, 2.75) is 51.4 Å². The van der Waals surface area contributed by atoms with Gasteiger partial charge in [0, 0.05) is 17.7 Å². The average molecular weight is 431 g/mol. The van der Waals surface area contributed by atoms with E-state index in [-0.39, 0.29) is 25.4 Å². The van der Waals surface area contributed by atoms with Gasteiger partial charge < -0.3 is 24.1 Å². The Morgan fingerprint density at radius 1 is 1.35 bits per heavy atom. The van der Waals surface area contributed by atoms with E-state index in [1.807, 2.05) is 12.1 Å². The van der Waals surface area contributed by atoms with Crippen LogP contribution in [0.15, 0.2) is 54.7 Å². The van der Waals surface area contributed by atoms with Crippen molar-refractivity contribution in [2.75, 3.05) is 20.8 Å². The lowest BCUT2D eigenvalue weighted by molar-refractivity contribution is -0.139. The minimum absolute atomic E-state index is 0.0323. The first-order valence-corrected chi connectivity index (χ1v) is 10.6. The lowest BCUT2D eigenvalue weighted by atomic mass is 9.94. The van der Waals surface area contributed by atoms with E-state index >= 15 is 0 Å². The molecule has 6 heteroatoms. The molecular formula is C25H34O6. The molecule has 0 unspecified atom stereocenters. The average Bonchev–Trinajstić information content (AvgIpc) is 2.77. The van der Waals surface area contributed by atoms with E-state index < -0.39 is 5.97 Å². The first-order valence-electron chi connectivity index (χ1n) is 10.6. The Morgan fingerprint density at radius 2 is 2.16 bits per heavy atom. The van der Waals surface area contributed by atoms with Gasteiger partial charge in [0.15, 0.2) is 0 Å². The highest BCUT2D eigenvalue weighted by atomic mass is 16.5. The van der Waals surface area contributed by atoms with Gasteiger partial charge in [0.1, 0.15) is 18.1 Å². The smallest absolute Gasteiger partial charge is 0.330 e. The first kappa shape index (κ1) is 24.7. The molecule has 1 aliphatic heterocycles. The number of benzene rings is 1. The fourth-order valence-corrected chi connectivity index (χ4v) is 3.57. The third kappa shape index (κ3) is 8.59. The fourth-order valence-electron chi connectivity index (χ4n) is 3.57. The highest BCUT2D eigenvalue weighted by Crippen LogP contribution is 2.26. The van der Waals surface area contributed by atoms with Crippen LogP contribution in [0.5, 0.6) is 11.5 Å². The number of rotatable bonds is 12. The van der Waals surface area contributed by atoms with Crippen molar-refractivity contribution < 1.29 is 28.8 Å². The summed E-state index contributed by atoms with van der Waals surface area (Å²) in [4.78, 5) is 12.1. The lowest BCUT2D eigenvalue weighted by Crippen LogP contribution is -2.25. The summed E-state index contributed by atoms with van der Waals surface area (Å²) in [6.07, 6.45) is 10.7. The molecule has 1 N–H and O–H groups in total. The number of aliphatic hydroxyl groups excluding tert-OH is 1. The molecule has 6 nitrogen and oxygen atoms in total. The molecule has 0 saturated carbocycles. The number of hydrogen-bond acceptors (Lipinski definition) is 6. The van der Waals surface area contributed by atoms with E-state index in [2.05, 4.69) is 19.6 Å². The van der Waals surface area contributed by atoms with Gasteiger partial charge in [-0.3, -0.25) is 0 Å². The summed E-state index contributed by atoms with van der Waals surface area (Å²) in [5.41, 5.74) is 1.62. The third-order valence-corrected chi connectivity index (χ3v) is 5.13.